The van der Waals surface area contributed by atoms with Gasteiger partial charge in [0.1, 0.15) is 11.5 Å². The summed E-state index contributed by atoms with van der Waals surface area (Å²) in [5, 5.41) is 9.13. The minimum absolute atomic E-state index is 0.264. The van der Waals surface area contributed by atoms with Crippen molar-refractivity contribution in [2.75, 3.05) is 27.3 Å². The molecular weight excluding hydrogens is 258 g/mol. The van der Waals surface area contributed by atoms with Crippen molar-refractivity contribution in [3.8, 4) is 11.5 Å². The van der Waals surface area contributed by atoms with Crippen molar-refractivity contribution in [2.45, 2.75) is 19.4 Å². The molecule has 1 aromatic rings. The zero-order valence-corrected chi connectivity index (χ0v) is 12.0. The Morgan fingerprint density at radius 3 is 2.85 bits per heavy atom. The van der Waals surface area contributed by atoms with Crippen LogP contribution in [0.2, 0.25) is 0 Å². The third-order valence-corrected chi connectivity index (χ3v) is 3.74. The Bertz CT molecular complexity index is 475. The molecule has 1 unspecified atom stereocenters. The van der Waals surface area contributed by atoms with E-state index in [0.29, 0.717) is 13.1 Å². The molecule has 1 saturated heterocycles. The Labute approximate surface area is 119 Å². The van der Waals surface area contributed by atoms with Gasteiger partial charge in [0, 0.05) is 18.7 Å². The van der Waals surface area contributed by atoms with Gasteiger partial charge in [0.25, 0.3) is 0 Å². The van der Waals surface area contributed by atoms with Crippen LogP contribution in [0.15, 0.2) is 18.2 Å². The summed E-state index contributed by atoms with van der Waals surface area (Å²) in [6.45, 7) is 2.20. The fourth-order valence-corrected chi connectivity index (χ4v) is 2.65. The molecule has 1 aliphatic rings. The Hall–Kier alpha value is -1.75. The number of rotatable bonds is 5. The quantitative estimate of drug-likeness (QED) is 0.893. The van der Waals surface area contributed by atoms with Crippen LogP contribution in [0.5, 0.6) is 11.5 Å². The molecule has 0 bridgehead atoms. The van der Waals surface area contributed by atoms with E-state index in [1.54, 1.807) is 14.2 Å². The Morgan fingerprint density at radius 1 is 1.40 bits per heavy atom. The number of aliphatic carboxylic acids is 1. The van der Waals surface area contributed by atoms with E-state index in [-0.39, 0.29) is 5.92 Å². The number of carboxylic acid groups (broad SMARTS) is 1. The van der Waals surface area contributed by atoms with Crippen LogP contribution < -0.4 is 9.47 Å². The molecular formula is C15H21NO4. The summed E-state index contributed by atoms with van der Waals surface area (Å²) in [6, 6.07) is 5.69. The molecule has 1 aromatic carbocycles. The molecule has 1 heterocycles. The molecule has 1 fully saturated rings. The highest BCUT2D eigenvalue weighted by Gasteiger charge is 2.25. The van der Waals surface area contributed by atoms with Crippen molar-refractivity contribution < 1.29 is 19.4 Å². The van der Waals surface area contributed by atoms with E-state index in [2.05, 4.69) is 4.90 Å². The highest BCUT2D eigenvalue weighted by Crippen LogP contribution is 2.27. The highest BCUT2D eigenvalue weighted by atomic mass is 16.5. The van der Waals surface area contributed by atoms with Crippen LogP contribution in [0, 0.1) is 5.92 Å². The number of methoxy groups -OCH3 is 2. The van der Waals surface area contributed by atoms with Gasteiger partial charge in [-0.15, -0.1) is 0 Å². The summed E-state index contributed by atoms with van der Waals surface area (Å²) < 4.78 is 10.6. The van der Waals surface area contributed by atoms with Crippen LogP contribution in [0.1, 0.15) is 18.4 Å². The number of benzene rings is 1. The van der Waals surface area contributed by atoms with Crippen molar-refractivity contribution in [3.05, 3.63) is 23.8 Å². The van der Waals surface area contributed by atoms with Gasteiger partial charge in [-0.05, 0) is 37.6 Å². The number of hydrogen-bond acceptors (Lipinski definition) is 4. The summed E-state index contributed by atoms with van der Waals surface area (Å²) in [5.41, 5.74) is 1.03. The maximum Gasteiger partial charge on any atom is 0.307 e. The first-order chi connectivity index (χ1) is 9.63. The van der Waals surface area contributed by atoms with Gasteiger partial charge < -0.3 is 14.6 Å². The number of carboxylic acids is 1. The van der Waals surface area contributed by atoms with Crippen molar-refractivity contribution >= 4 is 5.97 Å². The molecule has 5 heteroatoms. The van der Waals surface area contributed by atoms with E-state index in [1.807, 2.05) is 18.2 Å². The SMILES string of the molecule is COc1ccc(OC)c(CN2CCCC(C(=O)O)C2)c1. The molecule has 1 atom stereocenters. The van der Waals surface area contributed by atoms with Crippen LogP contribution in [-0.4, -0.2) is 43.3 Å². The molecule has 0 aromatic heterocycles. The predicted octanol–water partition coefficient (Wildman–Crippen LogP) is 2.00. The lowest BCUT2D eigenvalue weighted by molar-refractivity contribution is -0.143. The summed E-state index contributed by atoms with van der Waals surface area (Å²) in [5.74, 6) is 0.628. The van der Waals surface area contributed by atoms with Crippen LogP contribution in [0.4, 0.5) is 0 Å². The van der Waals surface area contributed by atoms with Gasteiger partial charge in [0.05, 0.1) is 20.1 Å². The molecule has 2 rings (SSSR count). The molecule has 20 heavy (non-hydrogen) atoms. The molecule has 5 nitrogen and oxygen atoms in total. The number of ether oxygens (including phenoxy) is 2. The molecule has 1 N–H and O–H groups in total. The minimum Gasteiger partial charge on any atom is -0.497 e. The zero-order chi connectivity index (χ0) is 14.5. The number of piperidine rings is 1. The summed E-state index contributed by atoms with van der Waals surface area (Å²) in [4.78, 5) is 13.3. The van der Waals surface area contributed by atoms with Crippen molar-refractivity contribution in [1.82, 2.24) is 4.90 Å². The Kier molecular flexibility index (Phi) is 4.84. The average Bonchev–Trinajstić information content (AvgIpc) is 2.47. The van der Waals surface area contributed by atoms with E-state index in [1.165, 1.54) is 0 Å². The maximum atomic E-state index is 11.1. The summed E-state index contributed by atoms with van der Waals surface area (Å²) >= 11 is 0. The number of likely N-dealkylation sites (tertiary alicyclic amines) is 1. The van der Waals surface area contributed by atoms with Crippen molar-refractivity contribution in [2.24, 2.45) is 5.92 Å². The normalized spacial score (nSPS) is 19.6. The Balaban J connectivity index is 2.10. The monoisotopic (exact) mass is 279 g/mol. The lowest BCUT2D eigenvalue weighted by atomic mass is 9.98. The molecule has 0 amide bonds. The van der Waals surface area contributed by atoms with Gasteiger partial charge in [-0.2, -0.15) is 0 Å². The van der Waals surface area contributed by atoms with Crippen LogP contribution in [-0.2, 0) is 11.3 Å². The second-order valence-corrected chi connectivity index (χ2v) is 5.09. The third kappa shape index (κ3) is 3.42. The van der Waals surface area contributed by atoms with E-state index in [9.17, 15) is 4.79 Å². The zero-order valence-electron chi connectivity index (χ0n) is 12.0. The predicted molar refractivity (Wildman–Crippen MR) is 75.2 cm³/mol. The van der Waals surface area contributed by atoms with E-state index >= 15 is 0 Å². The molecule has 0 saturated carbocycles. The minimum atomic E-state index is -0.702. The van der Waals surface area contributed by atoms with E-state index < -0.39 is 5.97 Å². The lowest BCUT2D eigenvalue weighted by Crippen LogP contribution is -2.38. The molecule has 1 aliphatic heterocycles. The van der Waals surface area contributed by atoms with Crippen LogP contribution >= 0.6 is 0 Å². The topological polar surface area (TPSA) is 59.0 Å². The number of hydrogen-bond donors (Lipinski definition) is 1. The first kappa shape index (κ1) is 14.7. The van der Waals surface area contributed by atoms with Gasteiger partial charge in [0.15, 0.2) is 0 Å². The standard InChI is InChI=1S/C15H21NO4/c1-19-13-5-6-14(20-2)12(8-13)10-16-7-3-4-11(9-16)15(17)18/h5-6,8,11H,3-4,7,9-10H2,1-2H3,(H,17,18). The van der Waals surface area contributed by atoms with Crippen LogP contribution in [0.25, 0.3) is 0 Å². The largest absolute Gasteiger partial charge is 0.497 e. The molecule has 0 spiro atoms. The van der Waals surface area contributed by atoms with Gasteiger partial charge in [0.2, 0.25) is 0 Å². The second kappa shape index (κ2) is 6.61. The van der Waals surface area contributed by atoms with Crippen molar-refractivity contribution in [1.29, 1.82) is 0 Å². The van der Waals surface area contributed by atoms with Crippen LogP contribution in [0.3, 0.4) is 0 Å². The fraction of sp³-hybridized carbons (Fsp3) is 0.533. The molecule has 0 radical (unpaired) electrons. The third-order valence-electron chi connectivity index (χ3n) is 3.74. The fourth-order valence-electron chi connectivity index (χ4n) is 2.65. The Morgan fingerprint density at radius 2 is 2.20 bits per heavy atom. The second-order valence-electron chi connectivity index (χ2n) is 5.09. The van der Waals surface area contributed by atoms with E-state index in [4.69, 9.17) is 14.6 Å². The lowest BCUT2D eigenvalue weighted by Gasteiger charge is -2.31. The summed E-state index contributed by atoms with van der Waals surface area (Å²) in [7, 11) is 3.27. The van der Waals surface area contributed by atoms with E-state index in [0.717, 1.165) is 36.4 Å². The van der Waals surface area contributed by atoms with Gasteiger partial charge >= 0.3 is 5.97 Å². The summed E-state index contributed by atoms with van der Waals surface area (Å²) in [6.07, 6.45) is 1.68. The number of nitrogens with zero attached hydrogens (tertiary/aromatic N) is 1. The first-order valence-corrected chi connectivity index (χ1v) is 6.80. The first-order valence-electron chi connectivity index (χ1n) is 6.80. The maximum absolute atomic E-state index is 11.1. The smallest absolute Gasteiger partial charge is 0.307 e. The molecule has 110 valence electrons. The van der Waals surface area contributed by atoms with Gasteiger partial charge in [-0.25, -0.2) is 0 Å². The van der Waals surface area contributed by atoms with Gasteiger partial charge in [-0.3, -0.25) is 9.69 Å². The molecule has 0 aliphatic carbocycles. The highest BCUT2D eigenvalue weighted by molar-refractivity contribution is 5.70. The average molecular weight is 279 g/mol. The van der Waals surface area contributed by atoms with Crippen molar-refractivity contribution in [3.63, 3.8) is 0 Å². The number of carbonyl (C=O) groups is 1. The van der Waals surface area contributed by atoms with Gasteiger partial charge in [-0.1, -0.05) is 0 Å².